The molecule has 192 valence electrons. The van der Waals surface area contributed by atoms with E-state index in [2.05, 4.69) is 27.7 Å². The maximum absolute atomic E-state index is 13.1. The van der Waals surface area contributed by atoms with Crippen molar-refractivity contribution in [3.63, 3.8) is 0 Å². The van der Waals surface area contributed by atoms with E-state index in [1.807, 2.05) is 30.3 Å². The lowest BCUT2D eigenvalue weighted by Gasteiger charge is -2.27. The van der Waals surface area contributed by atoms with E-state index in [9.17, 15) is 9.18 Å². The fraction of sp³-hybridized carbons (Fsp3) is 0.300. The molecule has 0 radical (unpaired) electrons. The van der Waals surface area contributed by atoms with Crippen LogP contribution in [0.2, 0.25) is 0 Å². The first-order chi connectivity index (χ1) is 18.2. The number of carbonyl (C=O) groups excluding carboxylic acids is 1. The number of hydrogen-bond acceptors (Lipinski definition) is 5. The Bertz CT molecular complexity index is 1250. The number of allylic oxidation sites excluding steroid dienone is 1. The van der Waals surface area contributed by atoms with Crippen molar-refractivity contribution in [2.75, 3.05) is 50.1 Å². The summed E-state index contributed by atoms with van der Waals surface area (Å²) in [7, 11) is 0. The summed E-state index contributed by atoms with van der Waals surface area (Å²) in [5.41, 5.74) is 5.26. The van der Waals surface area contributed by atoms with E-state index in [1.54, 1.807) is 18.2 Å². The van der Waals surface area contributed by atoms with Crippen molar-refractivity contribution in [3.05, 3.63) is 94.8 Å². The van der Waals surface area contributed by atoms with Crippen LogP contribution in [0.1, 0.15) is 33.5 Å². The van der Waals surface area contributed by atoms with Crippen molar-refractivity contribution in [1.29, 1.82) is 0 Å². The summed E-state index contributed by atoms with van der Waals surface area (Å²) in [6.07, 6.45) is 6.04. The van der Waals surface area contributed by atoms with Crippen molar-refractivity contribution in [2.24, 2.45) is 0 Å². The Kier molecular flexibility index (Phi) is 8.13. The van der Waals surface area contributed by atoms with Crippen LogP contribution in [0.4, 0.5) is 15.8 Å². The third-order valence-electron chi connectivity index (χ3n) is 6.71. The molecule has 1 aliphatic carbocycles. The van der Waals surface area contributed by atoms with Gasteiger partial charge in [0.05, 0.1) is 13.2 Å². The predicted molar refractivity (Wildman–Crippen MR) is 145 cm³/mol. The number of halogens is 1. The summed E-state index contributed by atoms with van der Waals surface area (Å²) in [6.45, 7) is 5.48. The summed E-state index contributed by atoms with van der Waals surface area (Å²) in [5, 5.41) is 6.39. The predicted octanol–water partition coefficient (Wildman–Crippen LogP) is 5.36. The van der Waals surface area contributed by atoms with Crippen LogP contribution < -0.4 is 15.4 Å². The van der Waals surface area contributed by atoms with Gasteiger partial charge in [-0.2, -0.15) is 0 Å². The zero-order valence-electron chi connectivity index (χ0n) is 20.8. The minimum absolute atomic E-state index is 0.174. The van der Waals surface area contributed by atoms with Gasteiger partial charge >= 0.3 is 0 Å². The van der Waals surface area contributed by atoms with Gasteiger partial charge in [0.2, 0.25) is 0 Å². The van der Waals surface area contributed by atoms with Crippen LogP contribution in [0.5, 0.6) is 5.75 Å². The average Bonchev–Trinajstić information content (AvgIpc) is 2.94. The minimum atomic E-state index is -0.257. The Balaban J connectivity index is 1.23. The second-order valence-corrected chi connectivity index (χ2v) is 9.26. The number of amides is 1. The summed E-state index contributed by atoms with van der Waals surface area (Å²) in [6, 6.07) is 17.6. The number of anilines is 2. The Labute approximate surface area is 217 Å². The largest absolute Gasteiger partial charge is 0.492 e. The van der Waals surface area contributed by atoms with Gasteiger partial charge in [0.25, 0.3) is 5.91 Å². The summed E-state index contributed by atoms with van der Waals surface area (Å²) in [5.74, 6) is 0.456. The van der Waals surface area contributed by atoms with Crippen LogP contribution in [0, 0.1) is 5.82 Å². The number of fused-ring (bicyclic) bond motifs is 1. The molecule has 1 saturated heterocycles. The number of nitrogens with one attached hydrogen (secondary N) is 2. The van der Waals surface area contributed by atoms with E-state index in [4.69, 9.17) is 9.47 Å². The number of hydrogen-bond donors (Lipinski definition) is 2. The molecule has 6 nitrogen and oxygen atoms in total. The van der Waals surface area contributed by atoms with E-state index in [-0.39, 0.29) is 11.7 Å². The Hall–Kier alpha value is -3.68. The van der Waals surface area contributed by atoms with Gasteiger partial charge in [-0.3, -0.25) is 9.69 Å². The highest BCUT2D eigenvalue weighted by molar-refractivity contribution is 6.06. The van der Waals surface area contributed by atoms with E-state index in [1.165, 1.54) is 12.1 Å². The van der Waals surface area contributed by atoms with Crippen molar-refractivity contribution in [2.45, 2.75) is 19.4 Å². The second-order valence-electron chi connectivity index (χ2n) is 9.26. The highest BCUT2D eigenvalue weighted by Crippen LogP contribution is 2.34. The van der Waals surface area contributed by atoms with Crippen LogP contribution in [0.25, 0.3) is 6.08 Å². The monoisotopic (exact) mass is 501 g/mol. The fourth-order valence-electron chi connectivity index (χ4n) is 4.65. The first kappa shape index (κ1) is 25.0. The third-order valence-corrected chi connectivity index (χ3v) is 6.71. The quantitative estimate of drug-likeness (QED) is 0.413. The van der Waals surface area contributed by atoms with Crippen LogP contribution in [-0.4, -0.2) is 50.3 Å². The fourth-order valence-corrected chi connectivity index (χ4v) is 4.65. The molecule has 37 heavy (non-hydrogen) atoms. The van der Waals surface area contributed by atoms with Gasteiger partial charge in [0.15, 0.2) is 0 Å². The topological polar surface area (TPSA) is 62.8 Å². The highest BCUT2D eigenvalue weighted by atomic mass is 19.1. The SMILES string of the molecule is O=C(Nc1ccc(OCCN2CCOCC2)c2c1C=CCC2)c1cccc(NCc2ccc(F)cc2)c1. The van der Waals surface area contributed by atoms with Crippen molar-refractivity contribution < 1.29 is 18.7 Å². The van der Waals surface area contributed by atoms with Gasteiger partial charge in [-0.15, -0.1) is 0 Å². The van der Waals surface area contributed by atoms with Crippen LogP contribution in [-0.2, 0) is 17.7 Å². The van der Waals surface area contributed by atoms with Crippen molar-refractivity contribution in [1.82, 2.24) is 4.90 Å². The number of nitrogens with zero attached hydrogens (tertiary/aromatic N) is 1. The standard InChI is InChI=1S/C30H32FN3O3/c31-24-10-8-22(9-11-24)21-32-25-5-3-4-23(20-25)30(35)33-28-12-13-29(27-7-2-1-6-26(27)28)37-19-16-34-14-17-36-18-15-34/h1,3-6,8-13,20,32H,2,7,14-19,21H2,(H,33,35). The lowest BCUT2D eigenvalue weighted by molar-refractivity contribution is 0.0322. The minimum Gasteiger partial charge on any atom is -0.492 e. The lowest BCUT2D eigenvalue weighted by atomic mass is 9.94. The molecule has 0 atom stereocenters. The lowest BCUT2D eigenvalue weighted by Crippen LogP contribution is -2.38. The van der Waals surface area contributed by atoms with E-state index in [0.29, 0.717) is 18.7 Å². The number of rotatable bonds is 9. The molecular formula is C30H32FN3O3. The molecule has 0 bridgehead atoms. The first-order valence-electron chi connectivity index (χ1n) is 12.8. The van der Waals surface area contributed by atoms with Gasteiger partial charge in [-0.1, -0.05) is 30.4 Å². The Morgan fingerprint density at radius 1 is 1.05 bits per heavy atom. The number of carbonyl (C=O) groups is 1. The van der Waals surface area contributed by atoms with Crippen molar-refractivity contribution in [3.8, 4) is 5.75 Å². The molecule has 1 amide bonds. The van der Waals surface area contributed by atoms with Crippen LogP contribution in [0.15, 0.2) is 66.7 Å². The van der Waals surface area contributed by atoms with Crippen LogP contribution >= 0.6 is 0 Å². The van der Waals surface area contributed by atoms with E-state index < -0.39 is 0 Å². The molecular weight excluding hydrogens is 469 g/mol. The molecule has 3 aromatic rings. The zero-order valence-corrected chi connectivity index (χ0v) is 20.8. The van der Waals surface area contributed by atoms with Crippen molar-refractivity contribution >= 4 is 23.4 Å². The molecule has 0 saturated carbocycles. The highest BCUT2D eigenvalue weighted by Gasteiger charge is 2.18. The smallest absolute Gasteiger partial charge is 0.255 e. The molecule has 2 aliphatic rings. The normalized spacial score (nSPS) is 15.2. The first-order valence-corrected chi connectivity index (χ1v) is 12.8. The number of ether oxygens (including phenoxy) is 2. The maximum Gasteiger partial charge on any atom is 0.255 e. The van der Waals surface area contributed by atoms with Gasteiger partial charge in [-0.05, 0) is 60.9 Å². The van der Waals surface area contributed by atoms with Gasteiger partial charge in [-0.25, -0.2) is 4.39 Å². The zero-order chi connectivity index (χ0) is 25.5. The number of morpholine rings is 1. The second kappa shape index (κ2) is 12.0. The Morgan fingerprint density at radius 3 is 2.73 bits per heavy atom. The molecule has 0 aromatic heterocycles. The average molecular weight is 502 g/mol. The van der Waals surface area contributed by atoms with E-state index in [0.717, 1.165) is 79.5 Å². The molecule has 7 heteroatoms. The molecule has 1 aliphatic heterocycles. The van der Waals surface area contributed by atoms with Gasteiger partial charge in [0.1, 0.15) is 18.2 Å². The maximum atomic E-state index is 13.1. The summed E-state index contributed by atoms with van der Waals surface area (Å²) in [4.78, 5) is 15.5. The van der Waals surface area contributed by atoms with Crippen LogP contribution in [0.3, 0.4) is 0 Å². The third kappa shape index (κ3) is 6.56. The van der Waals surface area contributed by atoms with Gasteiger partial charge in [0, 0.05) is 54.2 Å². The Morgan fingerprint density at radius 2 is 1.89 bits per heavy atom. The molecule has 3 aromatic carbocycles. The summed E-state index contributed by atoms with van der Waals surface area (Å²) < 4.78 is 24.7. The van der Waals surface area contributed by atoms with Gasteiger partial charge < -0.3 is 20.1 Å². The molecule has 0 unspecified atom stereocenters. The molecule has 2 N–H and O–H groups in total. The molecule has 5 rings (SSSR count). The number of benzene rings is 3. The van der Waals surface area contributed by atoms with E-state index >= 15 is 0 Å². The molecule has 1 fully saturated rings. The summed E-state index contributed by atoms with van der Waals surface area (Å²) >= 11 is 0. The molecule has 0 spiro atoms. The molecule has 1 heterocycles.